The molecule has 2 aromatic heterocycles. The van der Waals surface area contributed by atoms with Gasteiger partial charge in [0.2, 0.25) is 0 Å². The van der Waals surface area contributed by atoms with E-state index in [1.54, 1.807) is 11.3 Å². The summed E-state index contributed by atoms with van der Waals surface area (Å²) in [5.74, 6) is 2.02. The van der Waals surface area contributed by atoms with Crippen LogP contribution in [0.4, 0.5) is 0 Å². The molecule has 3 nitrogen and oxygen atoms in total. The summed E-state index contributed by atoms with van der Waals surface area (Å²) >= 11 is 1.80. The summed E-state index contributed by atoms with van der Waals surface area (Å²) in [5, 5.41) is 4.99. The van der Waals surface area contributed by atoms with Gasteiger partial charge in [0, 0.05) is 36.9 Å². The first-order valence-electron chi connectivity index (χ1n) is 13.6. The lowest BCUT2D eigenvalue weighted by Crippen LogP contribution is -2.00. The second kappa shape index (κ2) is 9.77. The van der Waals surface area contributed by atoms with Crippen molar-refractivity contribution in [2.75, 3.05) is 0 Å². The standard InChI is InChI=1S/C37H23N3S/c1-3-10-24(11-4-1)25-18-20-27(21-19-25)36-38-35(26-12-5-2-6-13-26)39-37(40-36)31-17-9-16-30-32-22-28-14-7-8-15-29(28)23-33(32)41-34(30)31/h1-23H. The maximum atomic E-state index is 5.06. The van der Waals surface area contributed by atoms with Gasteiger partial charge in [-0.05, 0) is 40.1 Å². The zero-order valence-electron chi connectivity index (χ0n) is 22.0. The number of hydrogen-bond donors (Lipinski definition) is 0. The third kappa shape index (κ3) is 4.26. The van der Waals surface area contributed by atoms with Gasteiger partial charge in [0.1, 0.15) is 0 Å². The molecule has 0 aliphatic carbocycles. The summed E-state index contributed by atoms with van der Waals surface area (Å²) < 4.78 is 2.45. The van der Waals surface area contributed by atoms with Crippen LogP contribution in [0, 0.1) is 0 Å². The lowest BCUT2D eigenvalue weighted by Gasteiger charge is -2.10. The van der Waals surface area contributed by atoms with Gasteiger partial charge < -0.3 is 0 Å². The maximum absolute atomic E-state index is 5.06. The number of aromatic nitrogens is 3. The van der Waals surface area contributed by atoms with E-state index in [0.29, 0.717) is 17.5 Å². The lowest BCUT2D eigenvalue weighted by atomic mass is 10.0. The fraction of sp³-hybridized carbons (Fsp3) is 0. The van der Waals surface area contributed by atoms with E-state index in [1.165, 1.54) is 36.5 Å². The average Bonchev–Trinajstić information content (AvgIpc) is 3.42. The fourth-order valence-corrected chi connectivity index (χ4v) is 6.69. The zero-order chi connectivity index (χ0) is 27.2. The monoisotopic (exact) mass is 541 g/mol. The molecule has 2 heterocycles. The number of nitrogens with zero attached hydrogens (tertiary/aromatic N) is 3. The van der Waals surface area contributed by atoms with Crippen molar-refractivity contribution in [2.24, 2.45) is 0 Å². The van der Waals surface area contributed by atoms with Crippen molar-refractivity contribution in [3.8, 4) is 45.3 Å². The van der Waals surface area contributed by atoms with E-state index in [-0.39, 0.29) is 0 Å². The van der Waals surface area contributed by atoms with Gasteiger partial charge in [0.05, 0.1) is 0 Å². The molecule has 0 unspecified atom stereocenters. The highest BCUT2D eigenvalue weighted by atomic mass is 32.1. The molecule has 41 heavy (non-hydrogen) atoms. The highest BCUT2D eigenvalue weighted by molar-refractivity contribution is 7.26. The molecule has 192 valence electrons. The molecule has 0 amide bonds. The van der Waals surface area contributed by atoms with Crippen LogP contribution in [0.1, 0.15) is 0 Å². The van der Waals surface area contributed by atoms with E-state index >= 15 is 0 Å². The molecular formula is C37H23N3S. The van der Waals surface area contributed by atoms with Crippen LogP contribution in [-0.4, -0.2) is 15.0 Å². The Bertz CT molecular complexity index is 2180. The Morgan fingerprint density at radius 3 is 1.63 bits per heavy atom. The van der Waals surface area contributed by atoms with Crippen molar-refractivity contribution in [1.82, 2.24) is 15.0 Å². The molecular weight excluding hydrogens is 518 g/mol. The van der Waals surface area contributed by atoms with E-state index < -0.39 is 0 Å². The molecule has 0 N–H and O–H groups in total. The van der Waals surface area contributed by atoms with Crippen LogP contribution in [0.3, 0.4) is 0 Å². The van der Waals surface area contributed by atoms with Crippen LogP contribution < -0.4 is 0 Å². The Labute approximate surface area is 241 Å². The molecule has 6 aromatic carbocycles. The van der Waals surface area contributed by atoms with Crippen LogP contribution >= 0.6 is 11.3 Å². The normalized spacial score (nSPS) is 11.4. The van der Waals surface area contributed by atoms with Crippen LogP contribution in [-0.2, 0) is 0 Å². The smallest absolute Gasteiger partial charge is 0.165 e. The Kier molecular flexibility index (Phi) is 5.64. The second-order valence-electron chi connectivity index (χ2n) is 10.1. The first-order chi connectivity index (χ1) is 20.3. The molecule has 0 spiro atoms. The lowest BCUT2D eigenvalue weighted by molar-refractivity contribution is 1.08. The predicted molar refractivity (Wildman–Crippen MR) is 172 cm³/mol. The van der Waals surface area contributed by atoms with E-state index in [1.807, 2.05) is 36.4 Å². The molecule has 0 bridgehead atoms. The second-order valence-corrected chi connectivity index (χ2v) is 11.1. The summed E-state index contributed by atoms with van der Waals surface area (Å²) in [7, 11) is 0. The predicted octanol–water partition coefficient (Wildman–Crippen LogP) is 10.1. The van der Waals surface area contributed by atoms with E-state index in [9.17, 15) is 0 Å². The van der Waals surface area contributed by atoms with Crippen molar-refractivity contribution in [3.63, 3.8) is 0 Å². The molecule has 8 aromatic rings. The van der Waals surface area contributed by atoms with E-state index in [4.69, 9.17) is 15.0 Å². The zero-order valence-corrected chi connectivity index (χ0v) is 22.8. The molecule has 0 aliphatic rings. The van der Waals surface area contributed by atoms with Crippen LogP contribution in [0.2, 0.25) is 0 Å². The summed E-state index contributed by atoms with van der Waals surface area (Å²) in [5.41, 5.74) is 5.29. The maximum Gasteiger partial charge on any atom is 0.165 e. The summed E-state index contributed by atoms with van der Waals surface area (Å²) in [6.07, 6.45) is 0. The Morgan fingerprint density at radius 1 is 0.390 bits per heavy atom. The van der Waals surface area contributed by atoms with E-state index in [0.717, 1.165) is 22.3 Å². The number of hydrogen-bond acceptors (Lipinski definition) is 4. The van der Waals surface area contributed by atoms with Gasteiger partial charge in [-0.25, -0.2) is 15.0 Å². The van der Waals surface area contributed by atoms with Crippen molar-refractivity contribution in [2.45, 2.75) is 0 Å². The van der Waals surface area contributed by atoms with Crippen molar-refractivity contribution in [1.29, 1.82) is 0 Å². The van der Waals surface area contributed by atoms with Gasteiger partial charge in [-0.1, -0.05) is 121 Å². The topological polar surface area (TPSA) is 38.7 Å². The van der Waals surface area contributed by atoms with Gasteiger partial charge in [0.25, 0.3) is 0 Å². The molecule has 0 atom stereocenters. The molecule has 0 fully saturated rings. The van der Waals surface area contributed by atoms with Gasteiger partial charge >= 0.3 is 0 Å². The van der Waals surface area contributed by atoms with Crippen LogP contribution in [0.5, 0.6) is 0 Å². The summed E-state index contributed by atoms with van der Waals surface area (Å²) in [4.78, 5) is 15.0. The van der Waals surface area contributed by atoms with Gasteiger partial charge in [-0.3, -0.25) is 0 Å². The Hall–Kier alpha value is -5.19. The summed E-state index contributed by atoms with van der Waals surface area (Å²) in [6.45, 7) is 0. The van der Waals surface area contributed by atoms with Gasteiger partial charge in [0.15, 0.2) is 17.5 Å². The SMILES string of the molecule is c1ccc(-c2ccc(-c3nc(-c4ccccc4)nc(-c4cccc5c4sc4cc6ccccc6cc45)n3)cc2)cc1. The van der Waals surface area contributed by atoms with Gasteiger partial charge in [-0.2, -0.15) is 0 Å². The number of thiophene rings is 1. The molecule has 0 saturated heterocycles. The third-order valence-corrected chi connectivity index (χ3v) is 8.73. The summed E-state index contributed by atoms with van der Waals surface area (Å²) in [6, 6.07) is 48.6. The first kappa shape index (κ1) is 23.7. The number of rotatable bonds is 4. The average molecular weight is 542 g/mol. The van der Waals surface area contributed by atoms with Gasteiger partial charge in [-0.15, -0.1) is 11.3 Å². The highest BCUT2D eigenvalue weighted by Crippen LogP contribution is 2.41. The molecule has 8 rings (SSSR count). The number of benzene rings is 6. The minimum absolute atomic E-state index is 0.664. The van der Waals surface area contributed by atoms with Crippen molar-refractivity contribution < 1.29 is 0 Å². The third-order valence-electron chi connectivity index (χ3n) is 7.52. The number of fused-ring (bicyclic) bond motifs is 4. The van der Waals surface area contributed by atoms with Crippen molar-refractivity contribution in [3.05, 3.63) is 140 Å². The molecule has 4 heteroatoms. The van der Waals surface area contributed by atoms with E-state index in [2.05, 4.69) is 103 Å². The molecule has 0 radical (unpaired) electrons. The quantitative estimate of drug-likeness (QED) is 0.222. The minimum Gasteiger partial charge on any atom is -0.208 e. The Morgan fingerprint density at radius 2 is 0.927 bits per heavy atom. The highest BCUT2D eigenvalue weighted by Gasteiger charge is 2.17. The van der Waals surface area contributed by atoms with Crippen LogP contribution in [0.15, 0.2) is 140 Å². The minimum atomic E-state index is 0.664. The largest absolute Gasteiger partial charge is 0.208 e. The molecule has 0 aliphatic heterocycles. The first-order valence-corrected chi connectivity index (χ1v) is 14.4. The Balaban J connectivity index is 1.32. The van der Waals surface area contributed by atoms with Crippen LogP contribution in [0.25, 0.3) is 76.2 Å². The fourth-order valence-electron chi connectivity index (χ4n) is 5.44. The molecule has 0 saturated carbocycles. The van der Waals surface area contributed by atoms with Crippen molar-refractivity contribution >= 4 is 42.3 Å².